The van der Waals surface area contributed by atoms with Gasteiger partial charge in [0.25, 0.3) is 16.1 Å². The first kappa shape index (κ1) is 39.5. The fraction of sp³-hybridized carbons (Fsp3) is 0.103. The molecule has 0 bridgehead atoms. The number of hydrogen-bond acceptors (Lipinski definition) is 17. The van der Waals surface area contributed by atoms with Gasteiger partial charge >= 0.3 is 10.4 Å². The van der Waals surface area contributed by atoms with Gasteiger partial charge in [0.2, 0.25) is 11.2 Å². The molecule has 0 saturated carbocycles. The number of rotatable bonds is 15. The highest BCUT2D eigenvalue weighted by Gasteiger charge is 2.22. The Kier molecular flexibility index (Phi) is 13.0. The van der Waals surface area contributed by atoms with Gasteiger partial charge in [-0.3, -0.25) is 9.11 Å². The number of anilines is 3. The summed E-state index contributed by atoms with van der Waals surface area (Å²) in [5.41, 5.74) is 0.729. The summed E-state index contributed by atoms with van der Waals surface area (Å²) in [6.45, 7) is -0.768. The second-order valence-corrected chi connectivity index (χ2v) is 14.1. The number of hydrogen-bond donors (Lipinski definition) is 6. The zero-order valence-corrected chi connectivity index (χ0v) is 30.8. The number of thiol groups is 1. The molecule has 0 unspecified atom stereocenters. The van der Waals surface area contributed by atoms with Crippen LogP contribution in [0.1, 0.15) is 0 Å². The highest BCUT2D eigenvalue weighted by molar-refractivity contribution is 7.97. The summed E-state index contributed by atoms with van der Waals surface area (Å²) in [5, 5.41) is 25.2. The topological polar surface area (TPSA) is 266 Å². The Balaban J connectivity index is 1.31. The fourth-order valence-corrected chi connectivity index (χ4v) is 5.92. The van der Waals surface area contributed by atoms with E-state index in [9.17, 15) is 26.5 Å². The Labute approximate surface area is 315 Å². The molecule has 4 aromatic carbocycles. The molecular weight excluding hydrogens is 800 g/mol. The van der Waals surface area contributed by atoms with Crippen molar-refractivity contribution >= 4 is 107 Å². The van der Waals surface area contributed by atoms with Crippen molar-refractivity contribution in [2.24, 2.45) is 15.2 Å². The van der Waals surface area contributed by atoms with Crippen LogP contribution in [0.25, 0.3) is 10.8 Å². The standard InChI is InChI=1S/C29H25ClN8O11S4/c1-46-20-7-2-17(3-8-20)32-29(50)36-28-34-26(30)33-27(35-28)31-19-6-11-22-16(14-19)15-23(52(40,41)42)24(25(22)39)38-37-18-4-9-21(10-5-18)51-49-47-12-13-48-53(43,44)45/h2-11,14-15,39H,12-13H2,1H3,(H,40,41,42)(H,43,44,45)(H3,31,32,33,34,35,36,50). The number of aromatic nitrogens is 3. The Morgan fingerprint density at radius 3 is 2.32 bits per heavy atom. The lowest BCUT2D eigenvalue weighted by atomic mass is 10.1. The Hall–Kier alpha value is -4.69. The van der Waals surface area contributed by atoms with E-state index in [0.717, 1.165) is 18.1 Å². The third kappa shape index (κ3) is 11.6. The number of phenols is 1. The average molecular weight is 825 g/mol. The van der Waals surface area contributed by atoms with Crippen LogP contribution in [0.5, 0.6) is 11.5 Å². The lowest BCUT2D eigenvalue weighted by Crippen LogP contribution is -2.09. The van der Waals surface area contributed by atoms with Gasteiger partial charge in [0.1, 0.15) is 22.9 Å². The quantitative estimate of drug-likeness (QED) is 0.00747. The zero-order valence-electron chi connectivity index (χ0n) is 26.7. The number of azo groups is 1. The molecule has 24 heteroatoms. The third-order valence-electron chi connectivity index (χ3n) is 6.41. The van der Waals surface area contributed by atoms with Gasteiger partial charge in [-0.25, -0.2) is 9.07 Å². The number of benzene rings is 4. The Morgan fingerprint density at radius 1 is 0.925 bits per heavy atom. The van der Waals surface area contributed by atoms with Gasteiger partial charge in [-0.2, -0.15) is 46.2 Å². The number of amidine groups is 1. The highest BCUT2D eigenvalue weighted by atomic mass is 35.5. The molecule has 5 N–H and O–H groups in total. The van der Waals surface area contributed by atoms with Gasteiger partial charge in [0, 0.05) is 21.7 Å². The van der Waals surface area contributed by atoms with Crippen LogP contribution < -0.4 is 15.4 Å². The van der Waals surface area contributed by atoms with Crippen LogP contribution in [0.3, 0.4) is 0 Å². The predicted molar refractivity (Wildman–Crippen MR) is 197 cm³/mol. The maximum Gasteiger partial charge on any atom is 0.397 e. The molecule has 0 saturated heterocycles. The maximum atomic E-state index is 12.4. The van der Waals surface area contributed by atoms with Crippen molar-refractivity contribution in [3.63, 3.8) is 0 Å². The minimum Gasteiger partial charge on any atom is -0.505 e. The summed E-state index contributed by atoms with van der Waals surface area (Å²) < 4.78 is 78.3. The van der Waals surface area contributed by atoms with Crippen LogP contribution >= 0.6 is 36.3 Å². The molecule has 0 spiro atoms. The molecule has 53 heavy (non-hydrogen) atoms. The first-order valence-corrected chi connectivity index (χ1v) is 18.8. The Morgan fingerprint density at radius 2 is 1.64 bits per heavy atom. The number of methoxy groups -OCH3 is 1. The number of aliphatic imine (C=N–C) groups is 1. The highest BCUT2D eigenvalue weighted by Crippen LogP contribution is 2.42. The smallest absolute Gasteiger partial charge is 0.397 e. The minimum atomic E-state index is -4.91. The summed E-state index contributed by atoms with van der Waals surface area (Å²) in [7, 11) is -7.95. The van der Waals surface area contributed by atoms with E-state index in [1.807, 2.05) is 0 Å². The SMILES string of the molecule is COc1ccc(NC(S)=Nc2nc(Cl)nc(Nc3ccc4c(O)c(N=Nc5ccc(SOOCCOS(=O)(=O)O)cc5)c(S(=O)(=O)O)cc4c3)n2)cc1. The lowest BCUT2D eigenvalue weighted by Gasteiger charge is -2.11. The summed E-state index contributed by atoms with van der Waals surface area (Å²) in [5.74, 6) is -0.0150. The molecule has 1 aromatic heterocycles. The summed E-state index contributed by atoms with van der Waals surface area (Å²) in [4.78, 5) is 21.0. The van der Waals surface area contributed by atoms with Crippen molar-refractivity contribution in [2.75, 3.05) is 31.0 Å². The van der Waals surface area contributed by atoms with Gasteiger partial charge in [-0.1, -0.05) is 0 Å². The number of aromatic hydroxyl groups is 1. The molecule has 0 radical (unpaired) electrons. The average Bonchev–Trinajstić information content (AvgIpc) is 3.09. The molecule has 0 atom stereocenters. The third-order valence-corrected chi connectivity index (χ3v) is 8.75. The molecule has 5 aromatic rings. The van der Waals surface area contributed by atoms with Crippen LogP contribution in [-0.4, -0.2) is 71.5 Å². The van der Waals surface area contributed by atoms with Crippen molar-refractivity contribution in [3.05, 3.63) is 78.1 Å². The monoisotopic (exact) mass is 824 g/mol. The summed E-state index contributed by atoms with van der Waals surface area (Å²) in [6, 6.07) is 18.6. The summed E-state index contributed by atoms with van der Waals surface area (Å²) in [6.07, 6.45) is 0. The van der Waals surface area contributed by atoms with E-state index in [1.165, 1.54) is 30.3 Å². The van der Waals surface area contributed by atoms with Crippen molar-refractivity contribution in [2.45, 2.75) is 9.79 Å². The molecular formula is C29H25ClN8O11S4. The number of phenolic OH excluding ortho intramolecular Hbond substituents is 1. The van der Waals surface area contributed by atoms with Crippen molar-refractivity contribution in [1.82, 2.24) is 15.0 Å². The molecule has 0 aliphatic rings. The predicted octanol–water partition coefficient (Wildman–Crippen LogP) is 6.60. The van der Waals surface area contributed by atoms with Crippen molar-refractivity contribution < 1.29 is 49.2 Å². The summed E-state index contributed by atoms with van der Waals surface area (Å²) >= 11 is 11.2. The molecule has 1 heterocycles. The number of nitrogens with zero attached hydrogens (tertiary/aromatic N) is 6. The van der Waals surface area contributed by atoms with Gasteiger partial charge in [0.15, 0.2) is 10.9 Å². The van der Waals surface area contributed by atoms with Gasteiger partial charge in [-0.05, 0) is 89.8 Å². The molecule has 0 aliphatic carbocycles. The number of nitrogens with one attached hydrogen (secondary N) is 2. The Bertz CT molecular complexity index is 2390. The first-order chi connectivity index (χ1) is 25.2. The van der Waals surface area contributed by atoms with Crippen LogP contribution in [0, 0.1) is 0 Å². The van der Waals surface area contributed by atoms with Crippen molar-refractivity contribution in [1.29, 1.82) is 0 Å². The fourth-order valence-electron chi connectivity index (χ4n) is 4.17. The molecule has 278 valence electrons. The van der Waals surface area contributed by atoms with E-state index < -0.39 is 43.5 Å². The second-order valence-electron chi connectivity index (χ2n) is 10.0. The lowest BCUT2D eigenvalue weighted by molar-refractivity contribution is -0.195. The molecule has 0 fully saturated rings. The maximum absolute atomic E-state index is 12.4. The largest absolute Gasteiger partial charge is 0.505 e. The van der Waals surface area contributed by atoms with E-state index in [-0.39, 0.29) is 45.4 Å². The molecule has 0 amide bonds. The van der Waals surface area contributed by atoms with Crippen LogP contribution in [0.4, 0.5) is 34.6 Å². The van der Waals surface area contributed by atoms with E-state index in [4.69, 9.17) is 30.1 Å². The normalized spacial score (nSPS) is 12.4. The van der Waals surface area contributed by atoms with E-state index in [2.05, 4.69) is 57.6 Å². The number of halogens is 1. The number of fused-ring (bicyclic) bond motifs is 1. The first-order valence-electron chi connectivity index (χ1n) is 14.4. The number of ether oxygens (including phenoxy) is 1. The van der Waals surface area contributed by atoms with E-state index in [1.54, 1.807) is 43.5 Å². The van der Waals surface area contributed by atoms with Gasteiger partial charge in [0.05, 0.1) is 31.4 Å². The van der Waals surface area contributed by atoms with Gasteiger partial charge in [-0.15, -0.1) is 17.7 Å². The zero-order chi connectivity index (χ0) is 38.2. The van der Waals surface area contributed by atoms with Crippen LogP contribution in [-0.2, 0) is 33.9 Å². The molecule has 19 nitrogen and oxygen atoms in total. The second kappa shape index (κ2) is 17.4. The van der Waals surface area contributed by atoms with Crippen molar-refractivity contribution in [3.8, 4) is 11.5 Å². The van der Waals surface area contributed by atoms with E-state index in [0.29, 0.717) is 22.0 Å². The van der Waals surface area contributed by atoms with E-state index >= 15 is 0 Å². The van der Waals surface area contributed by atoms with Crippen LogP contribution in [0.2, 0.25) is 5.28 Å². The van der Waals surface area contributed by atoms with Crippen LogP contribution in [0.15, 0.2) is 97.8 Å². The molecule has 5 rings (SSSR count). The molecule has 0 aliphatic heterocycles. The van der Waals surface area contributed by atoms with Gasteiger partial charge < -0.3 is 20.5 Å². The minimum absolute atomic E-state index is 0.0212.